The van der Waals surface area contributed by atoms with Crippen molar-refractivity contribution in [1.29, 1.82) is 0 Å². The van der Waals surface area contributed by atoms with Crippen molar-refractivity contribution in [2.24, 2.45) is 5.73 Å². The Morgan fingerprint density at radius 3 is 2.76 bits per heavy atom. The Balaban J connectivity index is 1.56. The minimum Gasteiger partial charge on any atom is -0.368 e. The van der Waals surface area contributed by atoms with E-state index in [-0.39, 0.29) is 5.91 Å². The number of piperazine rings is 1. The monoisotopic (exact) mass is 294 g/mol. The number of rotatable bonds is 6. The fraction of sp³-hybridized carbons (Fsp3) is 0.938. The molecule has 3 rings (SSSR count). The van der Waals surface area contributed by atoms with E-state index in [2.05, 4.69) is 22.0 Å². The number of nitrogens with two attached hydrogens (primary N) is 1. The van der Waals surface area contributed by atoms with Gasteiger partial charge in [-0.25, -0.2) is 0 Å². The zero-order valence-electron chi connectivity index (χ0n) is 13.5. The lowest BCUT2D eigenvalue weighted by atomic mass is 9.95. The molecule has 0 radical (unpaired) electrons. The van der Waals surface area contributed by atoms with Gasteiger partial charge in [-0.05, 0) is 52.5 Å². The van der Waals surface area contributed by atoms with Crippen molar-refractivity contribution >= 4 is 5.91 Å². The second kappa shape index (κ2) is 5.86. The largest absolute Gasteiger partial charge is 0.368 e. The maximum Gasteiger partial charge on any atom is 0.237 e. The van der Waals surface area contributed by atoms with Gasteiger partial charge in [-0.15, -0.1) is 0 Å². The molecule has 2 saturated heterocycles. The summed E-state index contributed by atoms with van der Waals surface area (Å²) < 4.78 is 0. The minimum atomic E-state index is -0.548. The van der Waals surface area contributed by atoms with Gasteiger partial charge < -0.3 is 11.1 Å². The van der Waals surface area contributed by atoms with Crippen LogP contribution in [0.25, 0.3) is 0 Å². The maximum absolute atomic E-state index is 11.9. The molecule has 3 aliphatic rings. The van der Waals surface area contributed by atoms with Crippen molar-refractivity contribution < 1.29 is 4.79 Å². The number of nitrogens with one attached hydrogen (secondary N) is 1. The van der Waals surface area contributed by atoms with Crippen LogP contribution in [0.2, 0.25) is 0 Å². The van der Waals surface area contributed by atoms with Crippen LogP contribution in [-0.2, 0) is 4.79 Å². The first-order valence-corrected chi connectivity index (χ1v) is 8.53. The zero-order valence-corrected chi connectivity index (χ0v) is 13.5. The lowest BCUT2D eigenvalue weighted by Crippen LogP contribution is -2.59. The zero-order chi connectivity index (χ0) is 15.0. The predicted octanol–water partition coefficient (Wildman–Crippen LogP) is 0.541. The average molecular weight is 294 g/mol. The SMILES string of the molecule is CC1CN2CCCC2CN1CCC(C)(NC1CC1)C(N)=O. The summed E-state index contributed by atoms with van der Waals surface area (Å²) in [4.78, 5) is 17.0. The number of primary amides is 1. The van der Waals surface area contributed by atoms with E-state index in [1.54, 1.807) is 0 Å². The highest BCUT2D eigenvalue weighted by Crippen LogP contribution is 2.27. The van der Waals surface area contributed by atoms with E-state index in [9.17, 15) is 4.79 Å². The maximum atomic E-state index is 11.9. The highest BCUT2D eigenvalue weighted by molar-refractivity contribution is 5.84. The van der Waals surface area contributed by atoms with E-state index >= 15 is 0 Å². The minimum absolute atomic E-state index is 0.207. The summed E-state index contributed by atoms with van der Waals surface area (Å²) in [5.74, 6) is -0.207. The first-order chi connectivity index (χ1) is 9.98. The molecule has 120 valence electrons. The molecular weight excluding hydrogens is 264 g/mol. The van der Waals surface area contributed by atoms with Crippen molar-refractivity contribution in [3.8, 4) is 0 Å². The number of nitrogens with zero attached hydrogens (tertiary/aromatic N) is 2. The molecule has 0 aromatic rings. The molecule has 21 heavy (non-hydrogen) atoms. The van der Waals surface area contributed by atoms with Crippen LogP contribution in [0.4, 0.5) is 0 Å². The van der Waals surface area contributed by atoms with E-state index in [0.717, 1.165) is 25.6 Å². The van der Waals surface area contributed by atoms with Crippen LogP contribution in [0.1, 0.15) is 46.0 Å². The fourth-order valence-electron chi connectivity index (χ4n) is 3.87. The van der Waals surface area contributed by atoms with Crippen LogP contribution in [0.3, 0.4) is 0 Å². The standard InChI is InChI=1S/C16H30N4O/c1-12-10-20-8-3-4-14(20)11-19(12)9-7-16(2,15(17)21)18-13-5-6-13/h12-14,18H,3-11H2,1-2H3,(H2,17,21). The van der Waals surface area contributed by atoms with E-state index in [4.69, 9.17) is 5.73 Å². The van der Waals surface area contributed by atoms with Gasteiger partial charge >= 0.3 is 0 Å². The van der Waals surface area contributed by atoms with Gasteiger partial charge in [-0.3, -0.25) is 14.6 Å². The summed E-state index contributed by atoms with van der Waals surface area (Å²) in [5, 5.41) is 3.46. The number of carbonyl (C=O) groups excluding carboxylic acids is 1. The lowest BCUT2D eigenvalue weighted by Gasteiger charge is -2.43. The number of fused-ring (bicyclic) bond motifs is 1. The highest BCUT2D eigenvalue weighted by atomic mass is 16.1. The van der Waals surface area contributed by atoms with Crippen LogP contribution >= 0.6 is 0 Å². The summed E-state index contributed by atoms with van der Waals surface area (Å²) in [6, 6.07) is 1.82. The molecule has 1 saturated carbocycles. The molecule has 0 spiro atoms. The van der Waals surface area contributed by atoms with Crippen molar-refractivity contribution in [3.63, 3.8) is 0 Å². The van der Waals surface area contributed by atoms with Crippen LogP contribution < -0.4 is 11.1 Å². The van der Waals surface area contributed by atoms with Crippen molar-refractivity contribution in [1.82, 2.24) is 15.1 Å². The molecule has 3 unspecified atom stereocenters. The molecule has 5 nitrogen and oxygen atoms in total. The third-order valence-electron chi connectivity index (χ3n) is 5.61. The highest BCUT2D eigenvalue weighted by Gasteiger charge is 2.39. The molecule has 1 aliphatic carbocycles. The van der Waals surface area contributed by atoms with Gasteiger partial charge in [-0.2, -0.15) is 0 Å². The molecule has 2 heterocycles. The molecule has 3 atom stereocenters. The number of carbonyl (C=O) groups is 1. The average Bonchev–Trinajstić information content (AvgIpc) is 3.12. The third-order valence-corrected chi connectivity index (χ3v) is 5.61. The Morgan fingerprint density at radius 1 is 1.33 bits per heavy atom. The van der Waals surface area contributed by atoms with Crippen LogP contribution in [0, 0.1) is 0 Å². The topological polar surface area (TPSA) is 61.6 Å². The van der Waals surface area contributed by atoms with Gasteiger partial charge in [0.2, 0.25) is 5.91 Å². The van der Waals surface area contributed by atoms with Gasteiger partial charge in [0.15, 0.2) is 0 Å². The van der Waals surface area contributed by atoms with Gasteiger partial charge in [0.1, 0.15) is 0 Å². The summed E-state index contributed by atoms with van der Waals surface area (Å²) in [7, 11) is 0. The molecular formula is C16H30N4O. The lowest BCUT2D eigenvalue weighted by molar-refractivity contribution is -0.124. The fourth-order valence-corrected chi connectivity index (χ4v) is 3.87. The number of hydrogen-bond donors (Lipinski definition) is 2. The molecule has 0 bridgehead atoms. The molecule has 0 aromatic carbocycles. The number of hydrogen-bond acceptors (Lipinski definition) is 4. The van der Waals surface area contributed by atoms with Gasteiger partial charge in [0.25, 0.3) is 0 Å². The van der Waals surface area contributed by atoms with E-state index in [0.29, 0.717) is 12.1 Å². The molecule has 1 amide bonds. The van der Waals surface area contributed by atoms with Crippen molar-refractivity contribution in [3.05, 3.63) is 0 Å². The van der Waals surface area contributed by atoms with E-state index < -0.39 is 5.54 Å². The van der Waals surface area contributed by atoms with Gasteiger partial charge in [0, 0.05) is 37.8 Å². The third kappa shape index (κ3) is 3.41. The molecule has 2 aliphatic heterocycles. The summed E-state index contributed by atoms with van der Waals surface area (Å²) in [5.41, 5.74) is 5.11. The Kier molecular flexibility index (Phi) is 4.26. The summed E-state index contributed by atoms with van der Waals surface area (Å²) in [6.45, 7) is 8.85. The molecule has 3 fully saturated rings. The van der Waals surface area contributed by atoms with Crippen LogP contribution in [-0.4, -0.2) is 65.6 Å². The van der Waals surface area contributed by atoms with Crippen LogP contribution in [0.15, 0.2) is 0 Å². The smallest absolute Gasteiger partial charge is 0.237 e. The Labute approximate surface area is 128 Å². The second-order valence-corrected chi connectivity index (χ2v) is 7.50. The summed E-state index contributed by atoms with van der Waals surface area (Å²) >= 11 is 0. The Morgan fingerprint density at radius 2 is 2.10 bits per heavy atom. The normalized spacial score (nSPS) is 33.6. The number of amides is 1. The van der Waals surface area contributed by atoms with Crippen LogP contribution in [0.5, 0.6) is 0 Å². The van der Waals surface area contributed by atoms with Crippen molar-refractivity contribution in [2.75, 3.05) is 26.2 Å². The van der Waals surface area contributed by atoms with E-state index in [1.807, 2.05) is 6.92 Å². The Bertz CT molecular complexity index is 398. The molecule has 5 heteroatoms. The first-order valence-electron chi connectivity index (χ1n) is 8.53. The van der Waals surface area contributed by atoms with E-state index in [1.165, 1.54) is 38.8 Å². The quantitative estimate of drug-likeness (QED) is 0.751. The first kappa shape index (κ1) is 15.3. The molecule has 0 aromatic heterocycles. The summed E-state index contributed by atoms with van der Waals surface area (Å²) in [6.07, 6.45) is 5.85. The van der Waals surface area contributed by atoms with Crippen molar-refractivity contribution in [2.45, 2.75) is 69.6 Å². The second-order valence-electron chi connectivity index (χ2n) is 7.50. The predicted molar refractivity (Wildman–Crippen MR) is 84.0 cm³/mol. The molecule has 3 N–H and O–H groups in total. The van der Waals surface area contributed by atoms with Gasteiger partial charge in [-0.1, -0.05) is 0 Å². The van der Waals surface area contributed by atoms with Gasteiger partial charge in [0.05, 0.1) is 5.54 Å². The Hall–Kier alpha value is -0.650.